The van der Waals surface area contributed by atoms with Gasteiger partial charge in [0.1, 0.15) is 22.2 Å². The second kappa shape index (κ2) is 11.4. The average molecular weight is 571 g/mol. The van der Waals surface area contributed by atoms with E-state index in [1.165, 1.54) is 33.4 Å². The van der Waals surface area contributed by atoms with Crippen LogP contribution in [-0.2, 0) is 25.8 Å². The quantitative estimate of drug-likeness (QED) is 0.176. The van der Waals surface area contributed by atoms with Crippen molar-refractivity contribution in [2.75, 3.05) is 18.9 Å². The topological polar surface area (TPSA) is 71.8 Å². The number of nitrogens with two attached hydrogens (primary N) is 1. The molecule has 0 radical (unpaired) electrons. The Morgan fingerprint density at radius 3 is 1.75 bits per heavy atom. The summed E-state index contributed by atoms with van der Waals surface area (Å²) in [4.78, 5) is 0. The van der Waals surface area contributed by atoms with E-state index in [0.29, 0.717) is 11.0 Å². The van der Waals surface area contributed by atoms with Crippen molar-refractivity contribution in [2.24, 2.45) is 0 Å². The third-order valence-electron chi connectivity index (χ3n) is 5.86. The molecule has 0 amide bonds. The molecule has 0 aliphatic rings. The molecule has 2 N–H and O–H groups in total. The van der Waals surface area contributed by atoms with Gasteiger partial charge < -0.3 is 18.9 Å². The minimum atomic E-state index is -4.72. The van der Waals surface area contributed by atoms with Gasteiger partial charge >= 0.3 is 18.3 Å². The van der Waals surface area contributed by atoms with Crippen LogP contribution in [0.2, 0.25) is 0 Å². The number of imidazole rings is 1. The minimum absolute atomic E-state index is 0.0360. The Morgan fingerprint density at radius 1 is 0.700 bits per heavy atom. The van der Waals surface area contributed by atoms with Gasteiger partial charge in [-0.2, -0.15) is 35.5 Å². The highest BCUT2D eigenvalue weighted by Crippen LogP contribution is 2.43. The number of rotatable bonds is 10. The summed E-state index contributed by atoms with van der Waals surface area (Å²) in [7, 11) is 0. The molecule has 214 valence electrons. The number of ether oxygens (including phenoxy) is 4. The van der Waals surface area contributed by atoms with Crippen molar-refractivity contribution in [3.05, 3.63) is 71.8 Å². The van der Waals surface area contributed by atoms with Crippen LogP contribution in [0.15, 0.2) is 60.7 Å². The summed E-state index contributed by atoms with van der Waals surface area (Å²) in [6, 6.07) is 13.5. The molecule has 0 saturated carbocycles. The van der Waals surface area contributed by atoms with E-state index in [1.807, 2.05) is 0 Å². The molecule has 0 aliphatic heterocycles. The molecule has 0 saturated heterocycles. The lowest BCUT2D eigenvalue weighted by molar-refractivity contribution is -0.687. The van der Waals surface area contributed by atoms with Crippen LogP contribution in [0, 0.1) is 0 Å². The van der Waals surface area contributed by atoms with E-state index in [9.17, 15) is 26.3 Å². The average Bonchev–Trinajstić information content (AvgIpc) is 3.16. The van der Waals surface area contributed by atoms with E-state index >= 15 is 0 Å². The first-order chi connectivity index (χ1) is 19.0. The fourth-order valence-corrected chi connectivity index (χ4v) is 4.16. The molecule has 1 heterocycles. The van der Waals surface area contributed by atoms with E-state index in [2.05, 4.69) is 0 Å². The molecule has 3 aromatic carbocycles. The summed E-state index contributed by atoms with van der Waals surface area (Å²) in [5.74, 6) is -1.27. The first-order valence-electron chi connectivity index (χ1n) is 12.2. The number of alkyl halides is 6. The zero-order chi connectivity index (χ0) is 29.1. The van der Waals surface area contributed by atoms with Gasteiger partial charge in [0, 0.05) is 0 Å². The van der Waals surface area contributed by atoms with Crippen molar-refractivity contribution >= 4 is 17.0 Å². The first-order valence-corrected chi connectivity index (χ1v) is 12.2. The highest BCUT2D eigenvalue weighted by Gasteiger charge is 2.37. The van der Waals surface area contributed by atoms with Gasteiger partial charge in [0.2, 0.25) is 13.5 Å². The summed E-state index contributed by atoms with van der Waals surface area (Å²) in [5, 5.41) is 0. The van der Waals surface area contributed by atoms with Crippen LogP contribution >= 0.6 is 0 Å². The third kappa shape index (κ3) is 5.82. The Labute approximate surface area is 225 Å². The zero-order valence-electron chi connectivity index (χ0n) is 21.5. The molecular weight excluding hydrogens is 544 g/mol. The van der Waals surface area contributed by atoms with Crippen molar-refractivity contribution in [1.29, 1.82) is 0 Å². The molecule has 0 atom stereocenters. The highest BCUT2D eigenvalue weighted by atomic mass is 19.4. The predicted molar refractivity (Wildman–Crippen MR) is 133 cm³/mol. The number of aromatic nitrogens is 2. The van der Waals surface area contributed by atoms with Crippen molar-refractivity contribution < 1.29 is 49.9 Å². The maximum atomic E-state index is 13.7. The Kier molecular flexibility index (Phi) is 8.21. The number of hydrogen-bond donors (Lipinski definition) is 1. The third-order valence-corrected chi connectivity index (χ3v) is 5.86. The van der Waals surface area contributed by atoms with Crippen molar-refractivity contribution in [1.82, 2.24) is 4.57 Å². The van der Waals surface area contributed by atoms with Crippen molar-refractivity contribution in [3.8, 4) is 23.0 Å². The van der Waals surface area contributed by atoms with E-state index in [4.69, 9.17) is 24.7 Å². The Bertz CT molecular complexity index is 1380. The van der Waals surface area contributed by atoms with Gasteiger partial charge in [0.15, 0.2) is 23.0 Å². The number of anilines is 1. The zero-order valence-corrected chi connectivity index (χ0v) is 21.5. The van der Waals surface area contributed by atoms with Gasteiger partial charge in [-0.15, -0.1) is 0 Å². The Hall–Kier alpha value is -4.29. The summed E-state index contributed by atoms with van der Waals surface area (Å²) in [6.45, 7) is 2.53. The van der Waals surface area contributed by atoms with Crippen LogP contribution in [0.4, 0.5) is 32.3 Å². The lowest BCUT2D eigenvalue weighted by atomic mass is 10.2. The maximum Gasteiger partial charge on any atom is 0.420 e. The Balaban J connectivity index is 1.71. The second-order valence-corrected chi connectivity index (χ2v) is 8.38. The largest absolute Gasteiger partial charge is 0.490 e. The lowest BCUT2D eigenvalue weighted by Crippen LogP contribution is -2.39. The molecule has 0 fully saturated rings. The lowest BCUT2D eigenvalue weighted by Gasteiger charge is -2.17. The molecule has 0 spiro atoms. The molecule has 0 bridgehead atoms. The summed E-state index contributed by atoms with van der Waals surface area (Å²) >= 11 is 0. The van der Waals surface area contributed by atoms with E-state index in [-0.39, 0.29) is 30.7 Å². The smallest absolute Gasteiger partial charge is 0.420 e. The highest BCUT2D eigenvalue weighted by molar-refractivity contribution is 5.73. The van der Waals surface area contributed by atoms with Gasteiger partial charge in [-0.3, -0.25) is 5.73 Å². The van der Waals surface area contributed by atoms with Crippen LogP contribution in [0.1, 0.15) is 25.0 Å². The number of nitrogen functional groups attached to an aromatic ring is 1. The number of para-hydroxylation sites is 4. The minimum Gasteiger partial charge on any atom is -0.490 e. The fraction of sp³-hybridized carbons (Fsp3) is 0.296. The molecule has 4 aromatic rings. The second-order valence-electron chi connectivity index (χ2n) is 8.38. The fourth-order valence-electron chi connectivity index (χ4n) is 4.16. The summed E-state index contributed by atoms with van der Waals surface area (Å²) in [5.41, 5.74) is 5.17. The van der Waals surface area contributed by atoms with E-state index in [0.717, 1.165) is 12.1 Å². The maximum absolute atomic E-state index is 13.7. The first kappa shape index (κ1) is 28.7. The molecule has 0 unspecified atom stereocenters. The SMILES string of the molecule is CCOc1cccc(C(F)(F)F)c1OCn1c(N)[n+](COc2c(OCC)cccc2C(F)(F)F)c2ccccc21. The molecule has 4 rings (SSSR count). The number of fused-ring (bicyclic) bond motifs is 1. The Morgan fingerprint density at radius 2 is 1.23 bits per heavy atom. The van der Waals surface area contributed by atoms with Gasteiger partial charge in [0.05, 0.1) is 13.2 Å². The van der Waals surface area contributed by atoms with Crippen LogP contribution in [0.3, 0.4) is 0 Å². The van der Waals surface area contributed by atoms with Crippen molar-refractivity contribution in [2.45, 2.75) is 39.7 Å². The van der Waals surface area contributed by atoms with Gasteiger partial charge in [-0.05, 0) is 50.2 Å². The van der Waals surface area contributed by atoms with Crippen LogP contribution in [0.5, 0.6) is 23.0 Å². The normalized spacial score (nSPS) is 12.0. The summed E-state index contributed by atoms with van der Waals surface area (Å²) in [6.07, 6.45) is -9.44. The molecule has 7 nitrogen and oxygen atoms in total. The van der Waals surface area contributed by atoms with Gasteiger partial charge in [-0.25, -0.2) is 0 Å². The van der Waals surface area contributed by atoms with E-state index in [1.54, 1.807) is 38.1 Å². The molecule has 40 heavy (non-hydrogen) atoms. The van der Waals surface area contributed by atoms with Gasteiger partial charge in [-0.1, -0.05) is 24.3 Å². The number of nitrogens with zero attached hydrogens (tertiary/aromatic N) is 2. The molecule has 0 aliphatic carbocycles. The van der Waals surface area contributed by atoms with Crippen LogP contribution in [0.25, 0.3) is 11.0 Å². The molecule has 1 aromatic heterocycles. The number of benzene rings is 3. The molecule has 13 heteroatoms. The number of halogens is 6. The van der Waals surface area contributed by atoms with Gasteiger partial charge in [0.25, 0.3) is 0 Å². The summed E-state index contributed by atoms with van der Waals surface area (Å²) < 4.78 is 107. The van der Waals surface area contributed by atoms with Crippen LogP contribution < -0.4 is 29.2 Å². The standard InChI is InChI=1S/C27H25F6N3O4/c1-3-37-21-13-7-9-17(26(28,29)30)23(21)39-15-35-19-11-5-6-12-20(19)36(25(35)34)16-40-24-18(27(31,32)33)10-8-14-22(24)38-4-2/h5-14,34H,3-4,15-16H2,1-2H3/p+1. The monoisotopic (exact) mass is 570 g/mol. The van der Waals surface area contributed by atoms with Crippen molar-refractivity contribution in [3.63, 3.8) is 0 Å². The van der Waals surface area contributed by atoms with E-state index < -0.39 is 48.4 Å². The van der Waals surface area contributed by atoms with Crippen LogP contribution in [-0.4, -0.2) is 17.8 Å². The predicted octanol–water partition coefficient (Wildman–Crippen LogP) is 6.42. The number of hydrogen-bond acceptors (Lipinski definition) is 5. The molecular formula is C27H26F6N3O4+.